The van der Waals surface area contributed by atoms with Crippen molar-refractivity contribution in [2.45, 2.75) is 13.8 Å². The van der Waals surface area contributed by atoms with Crippen LogP contribution < -0.4 is 15.4 Å². The third-order valence-corrected chi connectivity index (χ3v) is 4.28. The SMILES string of the molecule is COc1cc(Cl)c(C)cc1Nc1cc(Nc2ccc(C#N)cc2)nc(C)n1. The van der Waals surface area contributed by atoms with Crippen molar-refractivity contribution < 1.29 is 4.74 Å². The number of nitrogens with zero attached hydrogens (tertiary/aromatic N) is 3. The van der Waals surface area contributed by atoms with Gasteiger partial charge in [0.1, 0.15) is 23.2 Å². The molecule has 1 aromatic heterocycles. The summed E-state index contributed by atoms with van der Waals surface area (Å²) in [5.74, 6) is 2.50. The maximum absolute atomic E-state index is 8.89. The molecule has 2 N–H and O–H groups in total. The molecule has 27 heavy (non-hydrogen) atoms. The number of anilines is 4. The van der Waals surface area contributed by atoms with E-state index in [4.69, 9.17) is 21.6 Å². The molecule has 0 radical (unpaired) electrons. The minimum atomic E-state index is 0.604. The first-order valence-electron chi connectivity index (χ1n) is 8.22. The lowest BCUT2D eigenvalue weighted by Crippen LogP contribution is -2.02. The minimum Gasteiger partial charge on any atom is -0.495 e. The molecule has 7 heteroatoms. The molecule has 3 rings (SSSR count). The van der Waals surface area contributed by atoms with Gasteiger partial charge >= 0.3 is 0 Å². The second-order valence-electron chi connectivity index (χ2n) is 5.93. The molecule has 0 bridgehead atoms. The van der Waals surface area contributed by atoms with Gasteiger partial charge in [0, 0.05) is 22.8 Å². The molecule has 1 heterocycles. The lowest BCUT2D eigenvalue weighted by atomic mass is 10.2. The van der Waals surface area contributed by atoms with Crippen LogP contribution in [0, 0.1) is 25.2 Å². The molecular weight excluding hydrogens is 362 g/mol. The highest BCUT2D eigenvalue weighted by atomic mass is 35.5. The van der Waals surface area contributed by atoms with Crippen LogP contribution in [0.5, 0.6) is 5.75 Å². The van der Waals surface area contributed by atoms with E-state index < -0.39 is 0 Å². The monoisotopic (exact) mass is 379 g/mol. The Kier molecular flexibility index (Phi) is 5.43. The van der Waals surface area contributed by atoms with Gasteiger partial charge in [0.25, 0.3) is 0 Å². The zero-order valence-electron chi connectivity index (χ0n) is 15.2. The fourth-order valence-electron chi connectivity index (χ4n) is 2.54. The van der Waals surface area contributed by atoms with Gasteiger partial charge < -0.3 is 15.4 Å². The highest BCUT2D eigenvalue weighted by Crippen LogP contribution is 2.33. The topological polar surface area (TPSA) is 82.9 Å². The van der Waals surface area contributed by atoms with Crippen LogP contribution in [0.1, 0.15) is 17.0 Å². The van der Waals surface area contributed by atoms with Crippen molar-refractivity contribution in [1.82, 2.24) is 9.97 Å². The summed E-state index contributed by atoms with van der Waals surface area (Å²) in [6.07, 6.45) is 0. The first-order chi connectivity index (χ1) is 13.0. The molecule has 0 fully saturated rings. The summed E-state index contributed by atoms with van der Waals surface area (Å²) >= 11 is 6.17. The summed E-state index contributed by atoms with van der Waals surface area (Å²) in [4.78, 5) is 8.84. The van der Waals surface area contributed by atoms with E-state index in [1.165, 1.54) is 0 Å². The molecule has 0 amide bonds. The number of ether oxygens (including phenoxy) is 1. The molecule has 0 aliphatic heterocycles. The van der Waals surface area contributed by atoms with E-state index in [0.29, 0.717) is 33.8 Å². The number of hydrogen-bond donors (Lipinski definition) is 2. The average Bonchev–Trinajstić information content (AvgIpc) is 2.64. The summed E-state index contributed by atoms with van der Waals surface area (Å²) in [6.45, 7) is 3.75. The molecule has 0 saturated carbocycles. The Balaban J connectivity index is 1.87. The van der Waals surface area contributed by atoms with Gasteiger partial charge in [-0.1, -0.05) is 11.6 Å². The van der Waals surface area contributed by atoms with E-state index >= 15 is 0 Å². The van der Waals surface area contributed by atoms with Gasteiger partial charge in [0.05, 0.1) is 24.4 Å². The number of nitriles is 1. The fraction of sp³-hybridized carbons (Fsp3) is 0.150. The number of aryl methyl sites for hydroxylation is 2. The van der Waals surface area contributed by atoms with Crippen molar-refractivity contribution in [3.8, 4) is 11.8 Å². The van der Waals surface area contributed by atoms with Crippen LogP contribution in [0.2, 0.25) is 5.02 Å². The Bertz CT molecular complexity index is 1010. The highest BCUT2D eigenvalue weighted by Gasteiger charge is 2.10. The summed E-state index contributed by atoms with van der Waals surface area (Å²) in [5.41, 5.74) is 3.13. The lowest BCUT2D eigenvalue weighted by Gasteiger charge is -2.14. The van der Waals surface area contributed by atoms with Crippen LogP contribution in [0.4, 0.5) is 23.0 Å². The van der Waals surface area contributed by atoms with Gasteiger partial charge in [-0.3, -0.25) is 0 Å². The van der Waals surface area contributed by atoms with Gasteiger partial charge in [0.2, 0.25) is 0 Å². The van der Waals surface area contributed by atoms with E-state index in [1.54, 1.807) is 31.4 Å². The molecule has 0 spiro atoms. The standard InChI is InChI=1S/C20H18ClN5O/c1-12-8-17(18(27-3)9-16(12)21)26-20-10-19(23-13(2)24-20)25-15-6-4-14(11-22)5-7-15/h4-10H,1-3H3,(H2,23,24,25,26). The number of methoxy groups -OCH3 is 1. The first-order valence-corrected chi connectivity index (χ1v) is 8.60. The van der Waals surface area contributed by atoms with E-state index in [1.807, 2.05) is 32.0 Å². The number of aromatic nitrogens is 2. The Morgan fingerprint density at radius 1 is 1.00 bits per heavy atom. The molecular formula is C20H18ClN5O. The van der Waals surface area contributed by atoms with E-state index in [0.717, 1.165) is 16.9 Å². The smallest absolute Gasteiger partial charge is 0.143 e. The molecule has 0 aliphatic carbocycles. The summed E-state index contributed by atoms with van der Waals surface area (Å²) < 4.78 is 5.40. The van der Waals surface area contributed by atoms with Crippen LogP contribution in [0.25, 0.3) is 0 Å². The van der Waals surface area contributed by atoms with E-state index in [-0.39, 0.29) is 0 Å². The number of rotatable bonds is 5. The zero-order chi connectivity index (χ0) is 19.4. The molecule has 136 valence electrons. The van der Waals surface area contributed by atoms with Crippen LogP contribution in [0.3, 0.4) is 0 Å². The maximum Gasteiger partial charge on any atom is 0.143 e. The van der Waals surface area contributed by atoms with Gasteiger partial charge in [-0.15, -0.1) is 0 Å². The van der Waals surface area contributed by atoms with E-state index in [2.05, 4.69) is 26.7 Å². The molecule has 0 saturated heterocycles. The van der Waals surface area contributed by atoms with Crippen LogP contribution in [-0.4, -0.2) is 17.1 Å². The van der Waals surface area contributed by atoms with Crippen molar-refractivity contribution in [2.24, 2.45) is 0 Å². The number of nitrogens with one attached hydrogen (secondary N) is 2. The van der Waals surface area contributed by atoms with Crippen molar-refractivity contribution in [2.75, 3.05) is 17.7 Å². The number of hydrogen-bond acceptors (Lipinski definition) is 6. The van der Waals surface area contributed by atoms with E-state index in [9.17, 15) is 0 Å². The Labute approximate surface area is 162 Å². The van der Waals surface area contributed by atoms with Gasteiger partial charge in [-0.2, -0.15) is 5.26 Å². The Morgan fingerprint density at radius 2 is 1.67 bits per heavy atom. The quantitative estimate of drug-likeness (QED) is 0.640. The predicted molar refractivity (Wildman–Crippen MR) is 107 cm³/mol. The summed E-state index contributed by atoms with van der Waals surface area (Å²) in [5, 5.41) is 16.0. The average molecular weight is 380 g/mol. The second kappa shape index (κ2) is 7.94. The summed E-state index contributed by atoms with van der Waals surface area (Å²) in [6, 6.07) is 14.7. The molecule has 0 atom stereocenters. The van der Waals surface area contributed by atoms with Crippen LogP contribution >= 0.6 is 11.6 Å². The fourth-order valence-corrected chi connectivity index (χ4v) is 2.69. The Hall–Kier alpha value is -3.30. The predicted octanol–water partition coefficient (Wildman–Crippen LogP) is 5.11. The third kappa shape index (κ3) is 4.46. The van der Waals surface area contributed by atoms with Gasteiger partial charge in [0.15, 0.2) is 0 Å². The maximum atomic E-state index is 8.89. The molecule has 2 aromatic carbocycles. The van der Waals surface area contributed by atoms with Crippen molar-refractivity contribution in [3.63, 3.8) is 0 Å². The van der Waals surface area contributed by atoms with Crippen LogP contribution in [0.15, 0.2) is 42.5 Å². The minimum absolute atomic E-state index is 0.604. The molecule has 6 nitrogen and oxygen atoms in total. The zero-order valence-corrected chi connectivity index (χ0v) is 15.9. The molecule has 3 aromatic rings. The Morgan fingerprint density at radius 3 is 2.30 bits per heavy atom. The van der Waals surface area contributed by atoms with Crippen LogP contribution in [-0.2, 0) is 0 Å². The number of benzene rings is 2. The summed E-state index contributed by atoms with van der Waals surface area (Å²) in [7, 11) is 1.59. The normalized spacial score (nSPS) is 10.2. The van der Waals surface area contributed by atoms with Gasteiger partial charge in [-0.05, 0) is 49.7 Å². The largest absolute Gasteiger partial charge is 0.495 e. The number of halogens is 1. The third-order valence-electron chi connectivity index (χ3n) is 3.87. The molecule has 0 aliphatic rings. The second-order valence-corrected chi connectivity index (χ2v) is 6.33. The molecule has 0 unspecified atom stereocenters. The van der Waals surface area contributed by atoms with Crippen molar-refractivity contribution in [1.29, 1.82) is 5.26 Å². The van der Waals surface area contributed by atoms with Gasteiger partial charge in [-0.25, -0.2) is 9.97 Å². The van der Waals surface area contributed by atoms with Crippen molar-refractivity contribution >= 4 is 34.6 Å². The highest BCUT2D eigenvalue weighted by molar-refractivity contribution is 6.31. The first kappa shape index (κ1) is 18.5. The lowest BCUT2D eigenvalue weighted by molar-refractivity contribution is 0.416. The van der Waals surface area contributed by atoms with Crippen molar-refractivity contribution in [3.05, 3.63) is 64.4 Å².